The predicted molar refractivity (Wildman–Crippen MR) is 293 cm³/mol. The minimum atomic E-state index is 1.27. The van der Waals surface area contributed by atoms with Crippen molar-refractivity contribution in [1.29, 1.82) is 0 Å². The predicted octanol–water partition coefficient (Wildman–Crippen LogP) is 19.1. The van der Waals surface area contributed by atoms with Crippen LogP contribution in [0.3, 0.4) is 0 Å². The van der Waals surface area contributed by atoms with Crippen molar-refractivity contribution >= 4 is 202 Å². The summed E-state index contributed by atoms with van der Waals surface area (Å²) in [5.74, 6) is 0. The van der Waals surface area contributed by atoms with Gasteiger partial charge >= 0.3 is 0 Å². The molecule has 0 aliphatic carbocycles. The second kappa shape index (κ2) is 11.5. The molecule has 0 radical (unpaired) electrons. The maximum atomic E-state index is 2.56. The Bertz CT molecular complexity index is 5240. The molecule has 302 valence electrons. The Balaban J connectivity index is 0.842. The molecule has 8 heterocycles. The lowest BCUT2D eigenvalue weighted by Gasteiger charge is -2.05. The summed E-state index contributed by atoms with van der Waals surface area (Å²) in [6.45, 7) is 0. The summed E-state index contributed by atoms with van der Waals surface area (Å²) in [5, 5.41) is 21.5. The minimum Gasteiger partial charge on any atom is -0.308 e. The minimum absolute atomic E-state index is 1.27. The second-order valence-electron chi connectivity index (χ2n) is 18.3. The van der Waals surface area contributed by atoms with Gasteiger partial charge in [-0.25, -0.2) is 0 Å². The molecule has 0 bridgehead atoms. The van der Waals surface area contributed by atoms with E-state index >= 15 is 0 Å². The summed E-state index contributed by atoms with van der Waals surface area (Å²) in [4.78, 5) is 0. The molecule has 18 rings (SSSR count). The lowest BCUT2D eigenvalue weighted by atomic mass is 9.99. The van der Waals surface area contributed by atoms with Gasteiger partial charge in [-0.1, -0.05) is 109 Å². The van der Waals surface area contributed by atoms with Gasteiger partial charge in [0, 0.05) is 124 Å². The summed E-state index contributed by atoms with van der Waals surface area (Å²) in [5.41, 5.74) is 10.4. The van der Waals surface area contributed by atoms with Gasteiger partial charge < -0.3 is 8.80 Å². The largest absolute Gasteiger partial charge is 0.308 e. The Kier molecular flexibility index (Phi) is 5.96. The number of benzene rings is 10. The molecule has 0 unspecified atom stereocenters. The van der Waals surface area contributed by atoms with Gasteiger partial charge in [-0.3, -0.25) is 0 Å². The van der Waals surface area contributed by atoms with E-state index < -0.39 is 0 Å². The van der Waals surface area contributed by atoms with Crippen LogP contribution in [0.15, 0.2) is 170 Å². The van der Waals surface area contributed by atoms with E-state index in [9.17, 15) is 0 Å². The molecule has 0 fully saturated rings. The number of aromatic nitrogens is 2. The van der Waals surface area contributed by atoms with Gasteiger partial charge in [0.05, 0.1) is 33.1 Å². The fourth-order valence-corrected chi connectivity index (χ4v) is 17.3. The Morgan fingerprint density at radius 1 is 0.258 bits per heavy atom. The number of fused-ring (bicyclic) bond motifs is 26. The summed E-state index contributed by atoms with van der Waals surface area (Å²) in [6.07, 6.45) is 0. The highest BCUT2D eigenvalue weighted by Gasteiger charge is 2.24. The van der Waals surface area contributed by atoms with Crippen LogP contribution < -0.4 is 0 Å². The van der Waals surface area contributed by atoms with Crippen molar-refractivity contribution in [2.45, 2.75) is 0 Å². The molecule has 0 saturated carbocycles. The van der Waals surface area contributed by atoms with Crippen LogP contribution in [-0.2, 0) is 0 Å². The van der Waals surface area contributed by atoms with Gasteiger partial charge in [-0.2, -0.15) is 0 Å². The first-order chi connectivity index (χ1) is 32.7. The van der Waals surface area contributed by atoms with Gasteiger partial charge in [0.15, 0.2) is 0 Å². The van der Waals surface area contributed by atoms with Crippen molar-refractivity contribution in [1.82, 2.24) is 8.80 Å². The first kappa shape index (κ1) is 34.1. The molecule has 0 aliphatic rings. The molecular formula is C60H28N2S4. The van der Waals surface area contributed by atoms with Gasteiger partial charge in [-0.05, 0) is 71.8 Å². The molecule has 0 atom stereocenters. The van der Waals surface area contributed by atoms with Crippen LogP contribution in [0.1, 0.15) is 0 Å². The third-order valence-corrected chi connectivity index (χ3v) is 19.9. The molecule has 0 amide bonds. The molecule has 0 spiro atoms. The zero-order chi connectivity index (χ0) is 42.3. The Morgan fingerprint density at radius 3 is 1.44 bits per heavy atom. The smallest absolute Gasteiger partial charge is 0.0621 e. The van der Waals surface area contributed by atoms with Crippen molar-refractivity contribution in [2.75, 3.05) is 0 Å². The van der Waals surface area contributed by atoms with E-state index in [1.807, 2.05) is 45.3 Å². The van der Waals surface area contributed by atoms with Crippen LogP contribution in [0.4, 0.5) is 0 Å². The number of thiophene rings is 4. The van der Waals surface area contributed by atoms with E-state index in [0.29, 0.717) is 0 Å². The van der Waals surface area contributed by atoms with E-state index in [1.165, 1.54) is 168 Å². The molecule has 10 aromatic carbocycles. The zero-order valence-electron chi connectivity index (χ0n) is 34.7. The number of hydrogen-bond acceptors (Lipinski definition) is 4. The highest BCUT2D eigenvalue weighted by molar-refractivity contribution is 7.28. The van der Waals surface area contributed by atoms with Crippen molar-refractivity contribution in [3.63, 3.8) is 0 Å². The molecule has 18 aromatic rings. The lowest BCUT2D eigenvalue weighted by molar-refractivity contribution is 1.38. The van der Waals surface area contributed by atoms with Gasteiger partial charge in [0.1, 0.15) is 0 Å². The normalized spacial score (nSPS) is 13.2. The molecule has 8 aromatic heterocycles. The summed E-state index contributed by atoms with van der Waals surface area (Å²) in [7, 11) is 0. The van der Waals surface area contributed by atoms with Gasteiger partial charge in [0.2, 0.25) is 0 Å². The van der Waals surface area contributed by atoms with E-state index in [-0.39, 0.29) is 0 Å². The molecule has 0 N–H and O–H groups in total. The van der Waals surface area contributed by atoms with Crippen LogP contribution in [0.25, 0.3) is 168 Å². The first-order valence-corrected chi connectivity index (χ1v) is 25.7. The highest BCUT2D eigenvalue weighted by Crippen LogP contribution is 2.51. The van der Waals surface area contributed by atoms with E-state index in [0.717, 1.165) is 0 Å². The molecule has 0 saturated heterocycles. The topological polar surface area (TPSA) is 8.82 Å². The summed E-state index contributed by atoms with van der Waals surface area (Å²) >= 11 is 7.72. The molecule has 2 nitrogen and oxygen atoms in total. The quantitative estimate of drug-likeness (QED) is 0.155. The Morgan fingerprint density at radius 2 is 0.727 bits per heavy atom. The second-order valence-corrected chi connectivity index (χ2v) is 22.5. The van der Waals surface area contributed by atoms with Gasteiger partial charge in [0.25, 0.3) is 0 Å². The number of hydrogen-bond donors (Lipinski definition) is 0. The van der Waals surface area contributed by atoms with Gasteiger partial charge in [-0.15, -0.1) is 45.3 Å². The van der Waals surface area contributed by atoms with Crippen LogP contribution >= 0.6 is 45.3 Å². The van der Waals surface area contributed by atoms with Crippen molar-refractivity contribution in [3.8, 4) is 11.1 Å². The Hall–Kier alpha value is -7.32. The molecule has 6 heteroatoms. The molecular weight excluding hydrogens is 877 g/mol. The van der Waals surface area contributed by atoms with Crippen LogP contribution in [0, 0.1) is 0 Å². The van der Waals surface area contributed by atoms with E-state index in [4.69, 9.17) is 0 Å². The van der Waals surface area contributed by atoms with Crippen molar-refractivity contribution in [2.24, 2.45) is 0 Å². The monoisotopic (exact) mass is 904 g/mol. The first-order valence-electron chi connectivity index (χ1n) is 22.5. The SMILES string of the molecule is c1ccc2c(c1)sc1cc3c4cccc5c6cc7sc8c(-c9ccc%10sc%11c(ccc%12c%11c%11cccc%13c%14c%15sc%16ccccc%16c%15ccc%14n%12c%13%11)c%10c9)cccc8c7cc6n(c3cc12)c45. The average Bonchev–Trinajstić information content (AvgIpc) is 4.24. The third-order valence-electron chi connectivity index (χ3n) is 15.2. The standard InChI is InChI=1S/C60H28N2S4/c1-4-17-50-31(8-1)36-19-21-45-54(59(36)64-50)38-14-7-15-39-55-46(61(45)57(38)39)22-20-37-42-24-29(18-23-51(42)65-60(37)55)30-10-5-13-35-44-26-48-41(28-53(44)66-58(30)35)34-12-6-11-33-40-27-52-43(25-47(40)62(48)56(33)34)32-9-2-3-16-49(32)63-52/h1-28H. The average molecular weight is 905 g/mol. The van der Waals surface area contributed by atoms with Crippen LogP contribution in [0.5, 0.6) is 0 Å². The van der Waals surface area contributed by atoms with Crippen molar-refractivity contribution in [3.05, 3.63) is 170 Å². The Labute approximate surface area is 389 Å². The van der Waals surface area contributed by atoms with Crippen LogP contribution in [-0.4, -0.2) is 8.80 Å². The van der Waals surface area contributed by atoms with E-state index in [2.05, 4.69) is 179 Å². The number of para-hydroxylation sites is 2. The fraction of sp³-hybridized carbons (Fsp3) is 0. The zero-order valence-corrected chi connectivity index (χ0v) is 38.0. The third kappa shape index (κ3) is 3.92. The summed E-state index contributed by atoms with van der Waals surface area (Å²) < 4.78 is 16.0. The molecule has 66 heavy (non-hydrogen) atoms. The lowest BCUT2D eigenvalue weighted by Crippen LogP contribution is -1.81. The number of rotatable bonds is 1. The molecule has 0 aliphatic heterocycles. The maximum Gasteiger partial charge on any atom is 0.0621 e. The number of nitrogens with zero attached hydrogens (tertiary/aromatic N) is 2. The summed E-state index contributed by atoms with van der Waals surface area (Å²) in [6, 6.07) is 65.1. The van der Waals surface area contributed by atoms with Crippen molar-refractivity contribution < 1.29 is 0 Å². The maximum absolute atomic E-state index is 2.56. The fourth-order valence-electron chi connectivity index (χ4n) is 12.4. The highest BCUT2D eigenvalue weighted by atomic mass is 32.1. The van der Waals surface area contributed by atoms with E-state index in [1.54, 1.807) is 0 Å². The van der Waals surface area contributed by atoms with Crippen LogP contribution in [0.2, 0.25) is 0 Å².